The molecule has 4 atom stereocenters. The van der Waals surface area contributed by atoms with Crippen LogP contribution in [0, 0.1) is 11.8 Å². The first kappa shape index (κ1) is 24.0. The molecule has 2 aliphatic rings. The van der Waals surface area contributed by atoms with Crippen LogP contribution in [-0.2, 0) is 22.1 Å². The number of carbonyl (C=O) groups is 2. The second-order valence-corrected chi connectivity index (χ2v) is 8.84. The van der Waals surface area contributed by atoms with Crippen LogP contribution < -0.4 is 10.6 Å². The quantitative estimate of drug-likeness (QED) is 0.459. The van der Waals surface area contributed by atoms with Gasteiger partial charge < -0.3 is 20.5 Å². The van der Waals surface area contributed by atoms with Gasteiger partial charge in [-0.05, 0) is 49.1 Å². The number of aliphatic hydroxyl groups is 1. The van der Waals surface area contributed by atoms with E-state index in [4.69, 9.17) is 9.84 Å². The van der Waals surface area contributed by atoms with E-state index in [1.807, 2.05) is 0 Å². The van der Waals surface area contributed by atoms with Gasteiger partial charge in [-0.2, -0.15) is 18.3 Å². The Labute approximate surface area is 193 Å². The lowest BCUT2D eigenvalue weighted by atomic mass is 10.0. The van der Waals surface area contributed by atoms with Gasteiger partial charge in [0.15, 0.2) is 5.82 Å². The molecule has 34 heavy (non-hydrogen) atoms. The van der Waals surface area contributed by atoms with Crippen molar-refractivity contribution in [3.63, 3.8) is 0 Å². The Hall–Kier alpha value is -3.15. The van der Waals surface area contributed by atoms with Gasteiger partial charge in [-0.3, -0.25) is 14.9 Å². The summed E-state index contributed by atoms with van der Waals surface area (Å²) in [4.78, 5) is 27.6. The molecule has 4 N–H and O–H groups in total. The number of halogens is 3. The Morgan fingerprint density at radius 3 is 2.71 bits per heavy atom. The van der Waals surface area contributed by atoms with Crippen LogP contribution in [0.5, 0.6) is 0 Å². The molecule has 12 heteroatoms. The lowest BCUT2D eigenvalue weighted by Crippen LogP contribution is -2.30. The van der Waals surface area contributed by atoms with Crippen LogP contribution in [0.2, 0.25) is 0 Å². The van der Waals surface area contributed by atoms with Crippen molar-refractivity contribution in [2.45, 2.75) is 50.3 Å². The molecule has 1 unspecified atom stereocenters. The summed E-state index contributed by atoms with van der Waals surface area (Å²) >= 11 is 0. The number of H-pyrrole nitrogens is 1. The van der Waals surface area contributed by atoms with Crippen LogP contribution >= 0.6 is 0 Å². The van der Waals surface area contributed by atoms with Crippen molar-refractivity contribution in [1.82, 2.24) is 20.5 Å². The first-order valence-corrected chi connectivity index (χ1v) is 11.1. The summed E-state index contributed by atoms with van der Waals surface area (Å²) in [5.74, 6) is 0.575. The topological polar surface area (TPSA) is 129 Å². The minimum absolute atomic E-state index is 0.0947. The van der Waals surface area contributed by atoms with Gasteiger partial charge >= 0.3 is 12.3 Å². The molecule has 0 aliphatic heterocycles. The molecule has 2 aromatic heterocycles. The lowest BCUT2D eigenvalue weighted by Gasteiger charge is -2.13. The number of aliphatic hydroxyl groups excluding tert-OH is 1. The van der Waals surface area contributed by atoms with E-state index >= 15 is 0 Å². The number of carbonyl (C=O) groups excluding carboxylic acids is 2. The first-order chi connectivity index (χ1) is 16.2. The standard InChI is InChI=1S/C22H26F3N5O4/c23-22(24,25)18-4-1-12(9-26-18)5-20(32)28-19-8-17(29-30-19)13-2-3-16(7-13)34-21(33)27-10-14-6-15(14)11-31/h1,4,8-9,13-16,31H,2-3,5-7,10-11H2,(H,27,33)(H2,28,29,30,32)/t13-,14?,15-,16+/m1/s1. The van der Waals surface area contributed by atoms with E-state index in [0.717, 1.165) is 30.8 Å². The summed E-state index contributed by atoms with van der Waals surface area (Å²) in [7, 11) is 0. The van der Waals surface area contributed by atoms with Gasteiger partial charge in [-0.25, -0.2) is 4.79 Å². The molecule has 2 fully saturated rings. The van der Waals surface area contributed by atoms with Crippen molar-refractivity contribution >= 4 is 17.8 Å². The largest absolute Gasteiger partial charge is 0.446 e. The molecule has 4 rings (SSSR count). The van der Waals surface area contributed by atoms with E-state index < -0.39 is 23.9 Å². The molecule has 0 bridgehead atoms. The number of alkyl carbamates (subject to hydrolysis) is 1. The highest BCUT2D eigenvalue weighted by molar-refractivity contribution is 5.91. The summed E-state index contributed by atoms with van der Waals surface area (Å²) in [6, 6.07) is 3.76. The van der Waals surface area contributed by atoms with Gasteiger partial charge in [0.1, 0.15) is 11.8 Å². The zero-order chi connectivity index (χ0) is 24.3. The molecule has 0 radical (unpaired) electrons. The maximum Gasteiger partial charge on any atom is 0.433 e. The van der Waals surface area contributed by atoms with Crippen molar-refractivity contribution in [3.05, 3.63) is 41.3 Å². The number of ether oxygens (including phenoxy) is 1. The summed E-state index contributed by atoms with van der Waals surface area (Å²) in [6.45, 7) is 0.650. The van der Waals surface area contributed by atoms with Gasteiger partial charge in [-0.15, -0.1) is 0 Å². The number of amides is 2. The number of nitrogens with zero attached hydrogens (tertiary/aromatic N) is 2. The normalized spacial score (nSPS) is 24.0. The highest BCUT2D eigenvalue weighted by Crippen LogP contribution is 2.38. The van der Waals surface area contributed by atoms with Crippen LogP contribution in [0.25, 0.3) is 0 Å². The molecule has 2 aromatic rings. The number of pyridine rings is 1. The zero-order valence-electron chi connectivity index (χ0n) is 18.3. The van der Waals surface area contributed by atoms with E-state index in [1.165, 1.54) is 6.07 Å². The molecule has 0 saturated heterocycles. The average Bonchev–Trinajstić information content (AvgIpc) is 3.13. The van der Waals surface area contributed by atoms with Crippen molar-refractivity contribution < 1.29 is 32.6 Å². The summed E-state index contributed by atoms with van der Waals surface area (Å²) in [6.07, 6.45) is -1.25. The molecule has 2 saturated carbocycles. The first-order valence-electron chi connectivity index (χ1n) is 11.1. The smallest absolute Gasteiger partial charge is 0.433 e. The molecule has 2 heterocycles. The third-order valence-electron chi connectivity index (χ3n) is 6.26. The van der Waals surface area contributed by atoms with Crippen LogP contribution in [0.3, 0.4) is 0 Å². The Bertz CT molecular complexity index is 1010. The third-order valence-corrected chi connectivity index (χ3v) is 6.26. The predicted molar refractivity (Wildman–Crippen MR) is 114 cm³/mol. The lowest BCUT2D eigenvalue weighted by molar-refractivity contribution is -0.141. The second-order valence-electron chi connectivity index (χ2n) is 8.84. The number of anilines is 1. The van der Waals surface area contributed by atoms with E-state index in [9.17, 15) is 22.8 Å². The number of aromatic nitrogens is 3. The fourth-order valence-electron chi connectivity index (χ4n) is 4.20. The fraction of sp³-hybridized carbons (Fsp3) is 0.545. The fourth-order valence-corrected chi connectivity index (χ4v) is 4.20. The van der Waals surface area contributed by atoms with E-state index in [2.05, 4.69) is 25.8 Å². The molecule has 184 valence electrons. The molecular weight excluding hydrogens is 455 g/mol. The average molecular weight is 481 g/mol. The number of nitrogens with one attached hydrogen (secondary N) is 3. The van der Waals surface area contributed by atoms with Gasteiger partial charge in [0.05, 0.1) is 6.42 Å². The maximum atomic E-state index is 12.6. The number of rotatable bonds is 8. The van der Waals surface area contributed by atoms with Crippen LogP contribution in [-0.4, -0.2) is 51.5 Å². The molecule has 2 amide bonds. The van der Waals surface area contributed by atoms with Gasteiger partial charge in [0, 0.05) is 37.0 Å². The minimum Gasteiger partial charge on any atom is -0.446 e. The SMILES string of the molecule is O=C(Cc1ccc(C(F)(F)F)nc1)Nc1cc([C@@H]2CC[C@H](OC(=O)NCC3C[C@@H]3CO)C2)[nH]n1. The second kappa shape index (κ2) is 10.00. The van der Waals surface area contributed by atoms with Crippen LogP contribution in [0.4, 0.5) is 23.8 Å². The Balaban J connectivity index is 1.21. The van der Waals surface area contributed by atoms with Crippen molar-refractivity contribution in [1.29, 1.82) is 0 Å². The molecular formula is C22H26F3N5O4. The molecule has 2 aliphatic carbocycles. The summed E-state index contributed by atoms with van der Waals surface area (Å²) in [5.41, 5.74) is 0.147. The van der Waals surface area contributed by atoms with E-state index in [0.29, 0.717) is 36.7 Å². The van der Waals surface area contributed by atoms with Gasteiger partial charge in [0.2, 0.25) is 5.91 Å². The van der Waals surface area contributed by atoms with Gasteiger partial charge in [-0.1, -0.05) is 6.07 Å². The van der Waals surface area contributed by atoms with E-state index in [1.54, 1.807) is 6.07 Å². The molecule has 9 nitrogen and oxygen atoms in total. The molecule has 0 spiro atoms. The summed E-state index contributed by atoms with van der Waals surface area (Å²) < 4.78 is 43.2. The van der Waals surface area contributed by atoms with Crippen LogP contribution in [0.15, 0.2) is 24.4 Å². The van der Waals surface area contributed by atoms with Gasteiger partial charge in [0.25, 0.3) is 0 Å². The van der Waals surface area contributed by atoms with E-state index in [-0.39, 0.29) is 31.0 Å². The number of hydrogen-bond donors (Lipinski definition) is 4. The Kier molecular flexibility index (Phi) is 7.05. The van der Waals surface area contributed by atoms with Crippen molar-refractivity contribution in [2.24, 2.45) is 11.8 Å². The Morgan fingerprint density at radius 2 is 2.03 bits per heavy atom. The predicted octanol–water partition coefficient (Wildman–Crippen LogP) is 3.00. The highest BCUT2D eigenvalue weighted by atomic mass is 19.4. The number of aromatic amines is 1. The molecule has 0 aromatic carbocycles. The van der Waals surface area contributed by atoms with Crippen LogP contribution in [0.1, 0.15) is 48.6 Å². The van der Waals surface area contributed by atoms with Crippen molar-refractivity contribution in [3.8, 4) is 0 Å². The zero-order valence-corrected chi connectivity index (χ0v) is 18.3. The minimum atomic E-state index is -4.53. The highest BCUT2D eigenvalue weighted by Gasteiger charge is 2.37. The Morgan fingerprint density at radius 1 is 1.21 bits per heavy atom. The van der Waals surface area contributed by atoms with Crippen molar-refractivity contribution in [2.75, 3.05) is 18.5 Å². The number of hydrogen-bond acceptors (Lipinski definition) is 6. The monoisotopic (exact) mass is 481 g/mol. The third kappa shape index (κ3) is 6.25. The maximum absolute atomic E-state index is 12.6. The number of alkyl halides is 3. The summed E-state index contributed by atoms with van der Waals surface area (Å²) in [5, 5.41) is 21.4.